The second-order valence-electron chi connectivity index (χ2n) is 5.45. The maximum absolute atomic E-state index is 12.1. The maximum Gasteiger partial charge on any atom is 0.251 e. The first-order valence-electron chi connectivity index (χ1n) is 7.20. The largest absolute Gasteiger partial charge is 0.382 e. The lowest BCUT2D eigenvalue weighted by Gasteiger charge is -2.21. The van der Waals surface area contributed by atoms with Crippen LogP contribution in [0.25, 0.3) is 5.69 Å². The van der Waals surface area contributed by atoms with Crippen molar-refractivity contribution in [3.63, 3.8) is 0 Å². The highest BCUT2D eigenvalue weighted by molar-refractivity contribution is 5.96. The number of carbonyl (C=O) groups is 2. The number of carbonyl (C=O) groups excluding carboxylic acids is 2. The molecule has 0 aliphatic heterocycles. The second-order valence-corrected chi connectivity index (χ2v) is 5.45. The van der Waals surface area contributed by atoms with Crippen LogP contribution in [0.4, 0.5) is 5.69 Å². The standard InChI is InChI=1S/C16H20N4O3/c1-11(14(21)16(23)19(2)3)15(22)18-12-5-7-13(8-6-12)20-10-4-9-17-20/h4-11,14,21H,1-3H3,(H,18,22). The molecule has 2 aromatic rings. The van der Waals surface area contributed by atoms with Gasteiger partial charge in [-0.25, -0.2) is 4.68 Å². The molecule has 2 atom stereocenters. The first-order valence-corrected chi connectivity index (χ1v) is 7.20. The Bertz CT molecular complexity index is 665. The van der Waals surface area contributed by atoms with E-state index in [0.717, 1.165) is 5.69 Å². The number of aliphatic hydroxyl groups excluding tert-OH is 1. The molecule has 2 rings (SSSR count). The van der Waals surface area contributed by atoms with Gasteiger partial charge >= 0.3 is 0 Å². The van der Waals surface area contributed by atoms with E-state index in [1.807, 2.05) is 24.4 Å². The van der Waals surface area contributed by atoms with Gasteiger partial charge in [0, 0.05) is 32.2 Å². The minimum Gasteiger partial charge on any atom is -0.382 e. The number of benzene rings is 1. The summed E-state index contributed by atoms with van der Waals surface area (Å²) in [6, 6.07) is 8.92. The number of nitrogens with zero attached hydrogens (tertiary/aromatic N) is 3. The van der Waals surface area contributed by atoms with Crippen LogP contribution in [0.1, 0.15) is 6.92 Å². The average Bonchev–Trinajstić information content (AvgIpc) is 3.07. The van der Waals surface area contributed by atoms with Crippen LogP contribution in [-0.2, 0) is 9.59 Å². The van der Waals surface area contributed by atoms with Crippen molar-refractivity contribution in [1.29, 1.82) is 0 Å². The van der Waals surface area contributed by atoms with Gasteiger partial charge in [0.1, 0.15) is 6.10 Å². The summed E-state index contributed by atoms with van der Waals surface area (Å²) in [6.07, 6.45) is 2.13. The molecule has 1 aromatic heterocycles. The Labute approximate surface area is 134 Å². The van der Waals surface area contributed by atoms with Crippen LogP contribution in [0.2, 0.25) is 0 Å². The van der Waals surface area contributed by atoms with E-state index < -0.39 is 23.8 Å². The molecule has 0 bridgehead atoms. The summed E-state index contributed by atoms with van der Waals surface area (Å²) in [6.45, 7) is 1.51. The minimum absolute atomic E-state index is 0.417. The van der Waals surface area contributed by atoms with E-state index in [-0.39, 0.29) is 0 Å². The van der Waals surface area contributed by atoms with Gasteiger partial charge < -0.3 is 15.3 Å². The minimum atomic E-state index is -1.37. The molecule has 0 aliphatic carbocycles. The van der Waals surface area contributed by atoms with Gasteiger partial charge in [0.2, 0.25) is 5.91 Å². The molecule has 0 radical (unpaired) electrons. The molecule has 23 heavy (non-hydrogen) atoms. The Kier molecular flexibility index (Phi) is 5.13. The van der Waals surface area contributed by atoms with E-state index in [0.29, 0.717) is 5.69 Å². The van der Waals surface area contributed by atoms with Crippen LogP contribution in [-0.4, -0.2) is 51.8 Å². The molecule has 0 saturated carbocycles. The second kappa shape index (κ2) is 7.06. The molecule has 2 N–H and O–H groups in total. The molecule has 0 aliphatic rings. The van der Waals surface area contributed by atoms with Gasteiger partial charge in [0.15, 0.2) is 0 Å². The van der Waals surface area contributed by atoms with E-state index in [1.165, 1.54) is 25.9 Å². The van der Waals surface area contributed by atoms with Crippen molar-refractivity contribution in [2.24, 2.45) is 5.92 Å². The summed E-state index contributed by atoms with van der Waals surface area (Å²) >= 11 is 0. The monoisotopic (exact) mass is 316 g/mol. The topological polar surface area (TPSA) is 87.5 Å². The van der Waals surface area contributed by atoms with Crippen molar-refractivity contribution in [3.05, 3.63) is 42.7 Å². The fourth-order valence-electron chi connectivity index (χ4n) is 2.00. The summed E-state index contributed by atoms with van der Waals surface area (Å²) in [4.78, 5) is 25.1. The zero-order chi connectivity index (χ0) is 17.0. The summed E-state index contributed by atoms with van der Waals surface area (Å²) in [5, 5.41) is 16.7. The van der Waals surface area contributed by atoms with Crippen LogP contribution in [0.5, 0.6) is 0 Å². The Hall–Kier alpha value is -2.67. The lowest BCUT2D eigenvalue weighted by atomic mass is 10.0. The normalized spacial score (nSPS) is 13.2. The fourth-order valence-corrected chi connectivity index (χ4v) is 2.00. The summed E-state index contributed by atoms with van der Waals surface area (Å²) in [7, 11) is 3.06. The number of aliphatic hydroxyl groups is 1. The molecule has 0 saturated heterocycles. The molecule has 2 unspecified atom stereocenters. The third kappa shape index (κ3) is 3.95. The lowest BCUT2D eigenvalue weighted by Crippen LogP contribution is -2.42. The van der Waals surface area contributed by atoms with E-state index in [1.54, 1.807) is 23.0 Å². The molecular weight excluding hydrogens is 296 g/mol. The van der Waals surface area contributed by atoms with Gasteiger partial charge in [-0.05, 0) is 30.3 Å². The number of hydrogen-bond donors (Lipinski definition) is 2. The Balaban J connectivity index is 2.01. The average molecular weight is 316 g/mol. The van der Waals surface area contributed by atoms with E-state index in [4.69, 9.17) is 0 Å². The molecule has 1 heterocycles. The number of rotatable bonds is 5. The number of hydrogen-bond acceptors (Lipinski definition) is 4. The molecule has 122 valence electrons. The number of aromatic nitrogens is 2. The summed E-state index contributed by atoms with van der Waals surface area (Å²) in [5.74, 6) is -1.77. The van der Waals surface area contributed by atoms with Crippen LogP contribution in [0.3, 0.4) is 0 Å². The van der Waals surface area contributed by atoms with Gasteiger partial charge in [-0.3, -0.25) is 9.59 Å². The van der Waals surface area contributed by atoms with Gasteiger partial charge in [-0.2, -0.15) is 5.10 Å². The molecule has 0 fully saturated rings. The molecule has 2 amide bonds. The van der Waals surface area contributed by atoms with E-state index >= 15 is 0 Å². The van der Waals surface area contributed by atoms with Gasteiger partial charge in [0.05, 0.1) is 11.6 Å². The van der Waals surface area contributed by atoms with Crippen LogP contribution in [0, 0.1) is 5.92 Å². The number of amides is 2. The zero-order valence-corrected chi connectivity index (χ0v) is 13.3. The molecule has 1 aromatic carbocycles. The van der Waals surface area contributed by atoms with Crippen molar-refractivity contribution < 1.29 is 14.7 Å². The van der Waals surface area contributed by atoms with Crippen molar-refractivity contribution >= 4 is 17.5 Å². The van der Waals surface area contributed by atoms with Gasteiger partial charge in [0.25, 0.3) is 5.91 Å². The van der Waals surface area contributed by atoms with Crippen molar-refractivity contribution in [3.8, 4) is 5.69 Å². The highest BCUT2D eigenvalue weighted by Gasteiger charge is 2.29. The summed E-state index contributed by atoms with van der Waals surface area (Å²) < 4.78 is 1.70. The predicted molar refractivity (Wildman–Crippen MR) is 86.1 cm³/mol. The Morgan fingerprint density at radius 2 is 1.91 bits per heavy atom. The first kappa shape index (κ1) is 16.7. The quantitative estimate of drug-likeness (QED) is 0.858. The van der Waals surface area contributed by atoms with E-state index in [2.05, 4.69) is 10.4 Å². The Morgan fingerprint density at radius 3 is 2.43 bits per heavy atom. The number of nitrogens with one attached hydrogen (secondary N) is 1. The van der Waals surface area contributed by atoms with Crippen LogP contribution in [0.15, 0.2) is 42.7 Å². The zero-order valence-electron chi connectivity index (χ0n) is 13.3. The molecular formula is C16H20N4O3. The smallest absolute Gasteiger partial charge is 0.251 e. The SMILES string of the molecule is CC(C(=O)Nc1ccc(-n2cccn2)cc1)C(O)C(=O)N(C)C. The molecule has 7 heteroatoms. The van der Waals surface area contributed by atoms with Crippen molar-refractivity contribution in [2.45, 2.75) is 13.0 Å². The van der Waals surface area contributed by atoms with Crippen molar-refractivity contribution in [2.75, 3.05) is 19.4 Å². The van der Waals surface area contributed by atoms with Crippen molar-refractivity contribution in [1.82, 2.24) is 14.7 Å². The highest BCUT2D eigenvalue weighted by atomic mass is 16.3. The predicted octanol–water partition coefficient (Wildman–Crippen LogP) is 0.896. The van der Waals surface area contributed by atoms with Gasteiger partial charge in [-0.15, -0.1) is 0 Å². The lowest BCUT2D eigenvalue weighted by molar-refractivity contribution is -0.143. The summed E-state index contributed by atoms with van der Waals surface area (Å²) in [5.41, 5.74) is 1.45. The third-order valence-corrected chi connectivity index (χ3v) is 3.48. The fraction of sp³-hybridized carbons (Fsp3) is 0.312. The maximum atomic E-state index is 12.1. The van der Waals surface area contributed by atoms with Crippen LogP contribution >= 0.6 is 0 Å². The first-order chi connectivity index (χ1) is 10.9. The highest BCUT2D eigenvalue weighted by Crippen LogP contribution is 2.15. The number of anilines is 1. The molecule has 0 spiro atoms. The molecule has 7 nitrogen and oxygen atoms in total. The number of likely N-dealkylation sites (N-methyl/N-ethyl adjacent to an activating group) is 1. The van der Waals surface area contributed by atoms with Crippen LogP contribution < -0.4 is 5.32 Å². The van der Waals surface area contributed by atoms with Gasteiger partial charge in [-0.1, -0.05) is 6.92 Å². The Morgan fingerprint density at radius 1 is 1.26 bits per heavy atom. The third-order valence-electron chi connectivity index (χ3n) is 3.48. The van der Waals surface area contributed by atoms with E-state index in [9.17, 15) is 14.7 Å².